The zero-order valence-corrected chi connectivity index (χ0v) is 21.2. The Bertz CT molecular complexity index is 1160. The number of piperidine rings is 1. The number of aryl methyl sites for hydroxylation is 1. The van der Waals surface area contributed by atoms with Crippen LogP contribution in [0.15, 0.2) is 21.7 Å². The summed E-state index contributed by atoms with van der Waals surface area (Å²) in [6, 6.07) is 3.29. The Morgan fingerprint density at radius 3 is 2.53 bits per heavy atom. The van der Waals surface area contributed by atoms with E-state index in [9.17, 15) is 22.8 Å². The maximum Gasteiger partial charge on any atom is 0.413 e. The predicted molar refractivity (Wildman–Crippen MR) is 130 cm³/mol. The number of nitrogens with zero attached hydrogens (tertiary/aromatic N) is 1. The average Bonchev–Trinajstić information content (AvgIpc) is 3.43. The van der Waals surface area contributed by atoms with Gasteiger partial charge in [0.05, 0.1) is 12.7 Å². The smallest absolute Gasteiger partial charge is 0.413 e. The van der Waals surface area contributed by atoms with Gasteiger partial charge in [0.25, 0.3) is 15.9 Å². The molecule has 0 spiro atoms. The van der Waals surface area contributed by atoms with Crippen molar-refractivity contribution in [2.75, 3.05) is 25.5 Å². The molecule has 0 radical (unpaired) electrons. The van der Waals surface area contributed by atoms with Crippen molar-refractivity contribution >= 4 is 55.6 Å². The van der Waals surface area contributed by atoms with Gasteiger partial charge in [0.2, 0.25) is 5.91 Å². The third-order valence-electron chi connectivity index (χ3n) is 6.20. The van der Waals surface area contributed by atoms with Gasteiger partial charge < -0.3 is 10.1 Å². The molecule has 1 aliphatic heterocycles. The van der Waals surface area contributed by atoms with Crippen LogP contribution in [-0.2, 0) is 32.4 Å². The summed E-state index contributed by atoms with van der Waals surface area (Å²) in [5.41, 5.74) is 1.22. The topological polar surface area (TPSA) is 122 Å². The molecule has 12 heteroatoms. The molecule has 2 N–H and O–H groups in total. The molecule has 0 saturated carbocycles. The van der Waals surface area contributed by atoms with E-state index in [1.165, 1.54) is 34.1 Å². The minimum absolute atomic E-state index is 0.239. The van der Waals surface area contributed by atoms with Crippen molar-refractivity contribution in [1.82, 2.24) is 9.62 Å². The van der Waals surface area contributed by atoms with Crippen LogP contribution in [0.5, 0.6) is 0 Å². The van der Waals surface area contributed by atoms with Crippen molar-refractivity contribution in [2.24, 2.45) is 5.92 Å². The van der Waals surface area contributed by atoms with Crippen LogP contribution in [0.4, 0.5) is 9.80 Å². The van der Waals surface area contributed by atoms with Crippen molar-refractivity contribution in [3.8, 4) is 0 Å². The molecule has 0 bridgehead atoms. The number of methoxy groups -OCH3 is 1. The molecule has 4 rings (SSSR count). The molecule has 3 heterocycles. The zero-order chi connectivity index (χ0) is 24.3. The normalized spacial score (nSPS) is 17.4. The number of nitrogens with one attached hydrogen (secondary N) is 2. The molecule has 2 aliphatic rings. The standard InChI is InChI=1S/C22H27N3O6S3/c1-31-22(28)24-20(27)18-15-6-3-2-4-7-16(15)33-21(18)23-19(26)14-9-11-25(12-10-14)34(29,30)17-8-5-13-32-17/h5,8,13-14H,2-4,6-7,9-12H2,1H3,(H,23,26)(H,24,27,28). The Morgan fingerprint density at radius 1 is 1.12 bits per heavy atom. The number of fused-ring (bicyclic) bond motifs is 1. The summed E-state index contributed by atoms with van der Waals surface area (Å²) in [7, 11) is -2.35. The Hall–Kier alpha value is -2.28. The van der Waals surface area contributed by atoms with Gasteiger partial charge in [-0.25, -0.2) is 13.2 Å². The minimum atomic E-state index is -3.54. The van der Waals surface area contributed by atoms with Gasteiger partial charge in [-0.3, -0.25) is 14.9 Å². The summed E-state index contributed by atoms with van der Waals surface area (Å²) in [4.78, 5) is 38.7. The van der Waals surface area contributed by atoms with E-state index in [2.05, 4.69) is 15.4 Å². The minimum Gasteiger partial charge on any atom is -0.453 e. The second kappa shape index (κ2) is 10.5. The number of rotatable bonds is 5. The van der Waals surface area contributed by atoms with Crippen LogP contribution in [0.3, 0.4) is 0 Å². The highest BCUT2D eigenvalue weighted by atomic mass is 32.2. The van der Waals surface area contributed by atoms with E-state index in [1.807, 2.05) is 0 Å². The van der Waals surface area contributed by atoms with Crippen LogP contribution < -0.4 is 10.6 Å². The second-order valence-corrected chi connectivity index (χ2v) is 12.5. The highest BCUT2D eigenvalue weighted by molar-refractivity contribution is 7.91. The highest BCUT2D eigenvalue weighted by Crippen LogP contribution is 2.38. The first-order valence-electron chi connectivity index (χ1n) is 11.2. The summed E-state index contributed by atoms with van der Waals surface area (Å²) in [5, 5.41) is 7.29. The molecule has 184 valence electrons. The first-order chi connectivity index (χ1) is 16.3. The Kier molecular flexibility index (Phi) is 7.70. The third-order valence-corrected chi connectivity index (χ3v) is 10.7. The van der Waals surface area contributed by atoms with Gasteiger partial charge in [-0.2, -0.15) is 4.31 Å². The van der Waals surface area contributed by atoms with Crippen LogP contribution >= 0.6 is 22.7 Å². The van der Waals surface area contributed by atoms with Crippen LogP contribution in [0.25, 0.3) is 0 Å². The van der Waals surface area contributed by atoms with E-state index in [0.717, 1.165) is 36.1 Å². The van der Waals surface area contributed by atoms with Gasteiger partial charge in [-0.15, -0.1) is 22.7 Å². The van der Waals surface area contributed by atoms with Gasteiger partial charge in [0, 0.05) is 23.9 Å². The highest BCUT2D eigenvalue weighted by Gasteiger charge is 2.34. The molecule has 3 amide bonds. The molecule has 0 unspecified atom stereocenters. The van der Waals surface area contributed by atoms with Gasteiger partial charge in [0.1, 0.15) is 9.21 Å². The number of anilines is 1. The second-order valence-electron chi connectivity index (χ2n) is 8.31. The average molecular weight is 526 g/mol. The first kappa shape index (κ1) is 24.8. The first-order valence-corrected chi connectivity index (χ1v) is 14.3. The van der Waals surface area contributed by atoms with Gasteiger partial charge >= 0.3 is 6.09 Å². The summed E-state index contributed by atoms with van der Waals surface area (Å²) < 4.78 is 31.8. The lowest BCUT2D eigenvalue weighted by Crippen LogP contribution is -2.41. The number of hydrogen-bond donors (Lipinski definition) is 2. The van der Waals surface area contributed by atoms with Crippen LogP contribution in [0.1, 0.15) is 52.9 Å². The number of carbonyl (C=O) groups excluding carboxylic acids is 3. The number of imide groups is 1. The lowest BCUT2D eigenvalue weighted by Gasteiger charge is -2.30. The largest absolute Gasteiger partial charge is 0.453 e. The van der Waals surface area contributed by atoms with Gasteiger partial charge in [-0.05, 0) is 55.5 Å². The van der Waals surface area contributed by atoms with Crippen molar-refractivity contribution in [3.63, 3.8) is 0 Å². The van der Waals surface area contributed by atoms with Crippen LogP contribution in [-0.4, -0.2) is 50.8 Å². The monoisotopic (exact) mass is 525 g/mol. The number of alkyl carbamates (subject to hydrolysis) is 1. The van der Waals surface area contributed by atoms with Crippen molar-refractivity contribution in [1.29, 1.82) is 0 Å². The number of carbonyl (C=O) groups is 3. The molecule has 1 saturated heterocycles. The van der Waals surface area contributed by atoms with Crippen LogP contribution in [0.2, 0.25) is 0 Å². The molecule has 1 aliphatic carbocycles. The molecule has 0 aromatic carbocycles. The van der Waals surface area contributed by atoms with E-state index in [-0.39, 0.29) is 24.9 Å². The fourth-order valence-electron chi connectivity index (χ4n) is 4.39. The fraction of sp³-hybridized carbons (Fsp3) is 0.500. The van der Waals surface area contributed by atoms with E-state index < -0.39 is 22.0 Å². The summed E-state index contributed by atoms with van der Waals surface area (Å²) in [6.07, 6.45) is 4.49. The molecule has 2 aromatic rings. The van der Waals surface area contributed by atoms with Gasteiger partial charge in [-0.1, -0.05) is 12.5 Å². The fourth-order valence-corrected chi connectivity index (χ4v) is 8.29. The van der Waals surface area contributed by atoms with Gasteiger partial charge in [0.15, 0.2) is 0 Å². The molecular formula is C22H27N3O6S3. The molecule has 1 fully saturated rings. The maximum absolute atomic E-state index is 13.1. The zero-order valence-electron chi connectivity index (χ0n) is 18.8. The molecular weight excluding hydrogens is 498 g/mol. The van der Waals surface area contributed by atoms with Crippen molar-refractivity contribution in [3.05, 3.63) is 33.5 Å². The predicted octanol–water partition coefficient (Wildman–Crippen LogP) is 3.61. The van der Waals surface area contributed by atoms with Crippen molar-refractivity contribution in [2.45, 2.75) is 49.2 Å². The number of sulfonamides is 1. The SMILES string of the molecule is COC(=O)NC(=O)c1c(NC(=O)C2CCN(S(=O)(=O)c3cccs3)CC2)sc2c1CCCCC2. The number of ether oxygens (including phenoxy) is 1. The Labute approximate surface area is 206 Å². The number of thiophene rings is 2. The number of amides is 3. The van der Waals surface area contributed by atoms with E-state index >= 15 is 0 Å². The maximum atomic E-state index is 13.1. The molecule has 9 nitrogen and oxygen atoms in total. The molecule has 2 aromatic heterocycles. The van der Waals surface area contributed by atoms with Crippen LogP contribution in [0, 0.1) is 5.92 Å². The summed E-state index contributed by atoms with van der Waals surface area (Å²) in [6.45, 7) is 0.518. The number of hydrogen-bond acceptors (Lipinski definition) is 8. The Balaban J connectivity index is 1.48. The molecule has 34 heavy (non-hydrogen) atoms. The van der Waals surface area contributed by atoms with E-state index in [1.54, 1.807) is 17.5 Å². The summed E-state index contributed by atoms with van der Waals surface area (Å²) >= 11 is 2.56. The van der Waals surface area contributed by atoms with E-state index in [4.69, 9.17) is 0 Å². The lowest BCUT2D eigenvalue weighted by molar-refractivity contribution is -0.120. The van der Waals surface area contributed by atoms with E-state index in [0.29, 0.717) is 34.0 Å². The third kappa shape index (κ3) is 5.19. The summed E-state index contributed by atoms with van der Waals surface area (Å²) in [5.74, 6) is -1.19. The van der Waals surface area contributed by atoms with Crippen molar-refractivity contribution < 1.29 is 27.5 Å². The Morgan fingerprint density at radius 2 is 1.85 bits per heavy atom. The quantitative estimate of drug-likeness (QED) is 0.575. The molecule has 0 atom stereocenters. The lowest BCUT2D eigenvalue weighted by atomic mass is 9.97.